The van der Waals surface area contributed by atoms with Crippen LogP contribution in [0.15, 0.2) is 60.9 Å². The number of nitrogens with zero attached hydrogens (tertiary/aromatic N) is 4. The van der Waals surface area contributed by atoms with E-state index >= 15 is 0 Å². The minimum Gasteiger partial charge on any atom is -0.382 e. The van der Waals surface area contributed by atoms with Gasteiger partial charge in [0.15, 0.2) is 0 Å². The summed E-state index contributed by atoms with van der Waals surface area (Å²) in [7, 11) is 0. The molecule has 2 aromatic carbocycles. The lowest BCUT2D eigenvalue weighted by Gasteiger charge is -2.09. The quantitative estimate of drug-likeness (QED) is 0.448. The maximum Gasteiger partial charge on any atom is 0.145 e. The first kappa shape index (κ1) is 16.1. The van der Waals surface area contributed by atoms with Crippen LogP contribution in [0.1, 0.15) is 0 Å². The molecule has 0 saturated heterocycles. The summed E-state index contributed by atoms with van der Waals surface area (Å²) < 4.78 is 1.09. The predicted octanol–water partition coefficient (Wildman–Crippen LogP) is 5.20. The van der Waals surface area contributed by atoms with Crippen LogP contribution in [0.3, 0.4) is 0 Å². The number of halogens is 1. The summed E-state index contributed by atoms with van der Waals surface area (Å²) >= 11 is 8.02. The van der Waals surface area contributed by atoms with Crippen molar-refractivity contribution >= 4 is 49.9 Å². The molecule has 5 nitrogen and oxygen atoms in total. The zero-order valence-corrected chi connectivity index (χ0v) is 15.5. The zero-order valence-electron chi connectivity index (χ0n) is 13.9. The number of thiazole rings is 1. The third-order valence-corrected chi connectivity index (χ3v) is 5.55. The third-order valence-electron chi connectivity index (χ3n) is 4.22. The summed E-state index contributed by atoms with van der Waals surface area (Å²) in [6.45, 7) is 0. The van der Waals surface area contributed by atoms with Crippen molar-refractivity contribution in [2.24, 2.45) is 0 Å². The lowest BCUT2D eigenvalue weighted by Crippen LogP contribution is -1.98. The third kappa shape index (κ3) is 2.79. The molecule has 0 atom stereocenters. The number of pyridine rings is 1. The van der Waals surface area contributed by atoms with Crippen molar-refractivity contribution in [3.8, 4) is 22.0 Å². The van der Waals surface area contributed by atoms with Crippen molar-refractivity contribution in [2.45, 2.75) is 0 Å². The number of nitrogen functional groups attached to an aromatic ring is 1. The Morgan fingerprint density at radius 1 is 0.926 bits per heavy atom. The lowest BCUT2D eigenvalue weighted by molar-refractivity contribution is 1.21. The Hall–Kier alpha value is -3.09. The number of benzene rings is 2. The maximum atomic E-state index is 6.46. The molecule has 0 amide bonds. The fraction of sp³-hybridized carbons (Fsp3) is 0. The van der Waals surface area contributed by atoms with Crippen molar-refractivity contribution < 1.29 is 0 Å². The van der Waals surface area contributed by atoms with Crippen LogP contribution in [0.5, 0.6) is 0 Å². The van der Waals surface area contributed by atoms with E-state index in [0.717, 1.165) is 31.7 Å². The molecule has 0 spiro atoms. The zero-order chi connectivity index (χ0) is 18.4. The van der Waals surface area contributed by atoms with E-state index in [1.165, 1.54) is 0 Å². The Kier molecular flexibility index (Phi) is 3.74. The molecule has 0 saturated carbocycles. The van der Waals surface area contributed by atoms with Gasteiger partial charge in [-0.1, -0.05) is 29.8 Å². The molecule has 3 heterocycles. The minimum absolute atomic E-state index is 0.349. The molecule has 5 rings (SSSR count). The largest absolute Gasteiger partial charge is 0.382 e. The van der Waals surface area contributed by atoms with E-state index in [0.29, 0.717) is 22.2 Å². The van der Waals surface area contributed by atoms with Crippen molar-refractivity contribution in [1.29, 1.82) is 0 Å². The van der Waals surface area contributed by atoms with Crippen molar-refractivity contribution in [3.63, 3.8) is 0 Å². The molecule has 0 unspecified atom stereocenters. The molecular formula is C20H12ClN5S. The monoisotopic (exact) mass is 389 g/mol. The normalized spacial score (nSPS) is 11.3. The molecule has 0 radical (unpaired) electrons. The number of nitrogens with two attached hydrogens (primary N) is 1. The molecule has 0 aliphatic carbocycles. The van der Waals surface area contributed by atoms with Crippen LogP contribution < -0.4 is 5.73 Å². The van der Waals surface area contributed by atoms with Crippen LogP contribution in [-0.4, -0.2) is 19.9 Å². The van der Waals surface area contributed by atoms with Gasteiger partial charge in [0.2, 0.25) is 0 Å². The average Bonchev–Trinajstić information content (AvgIpc) is 3.12. The first-order valence-electron chi connectivity index (χ1n) is 8.22. The van der Waals surface area contributed by atoms with Gasteiger partial charge < -0.3 is 5.73 Å². The smallest absolute Gasteiger partial charge is 0.145 e. The van der Waals surface area contributed by atoms with E-state index in [9.17, 15) is 0 Å². The molecule has 5 aromatic rings. The van der Waals surface area contributed by atoms with Gasteiger partial charge in [-0.2, -0.15) is 0 Å². The van der Waals surface area contributed by atoms with Gasteiger partial charge in [0.1, 0.15) is 16.5 Å². The minimum atomic E-state index is 0.349. The summed E-state index contributed by atoms with van der Waals surface area (Å²) in [5.41, 5.74) is 9.80. The second-order valence-electron chi connectivity index (χ2n) is 6.01. The number of hydrogen-bond donors (Lipinski definition) is 1. The highest BCUT2D eigenvalue weighted by molar-refractivity contribution is 7.21. The van der Waals surface area contributed by atoms with E-state index < -0.39 is 0 Å². The van der Waals surface area contributed by atoms with Crippen molar-refractivity contribution in [1.82, 2.24) is 19.9 Å². The number of rotatable bonds is 2. The second-order valence-corrected chi connectivity index (χ2v) is 7.45. The molecule has 0 aliphatic heterocycles. The van der Waals surface area contributed by atoms with Gasteiger partial charge in [-0.15, -0.1) is 11.3 Å². The number of para-hydroxylation sites is 1. The van der Waals surface area contributed by atoms with Gasteiger partial charge in [-0.25, -0.2) is 9.97 Å². The summed E-state index contributed by atoms with van der Waals surface area (Å²) in [4.78, 5) is 18.1. The molecule has 2 N–H and O–H groups in total. The molecular weight excluding hydrogens is 378 g/mol. The Balaban J connectivity index is 1.76. The Morgan fingerprint density at radius 3 is 2.70 bits per heavy atom. The molecule has 0 fully saturated rings. The van der Waals surface area contributed by atoms with Gasteiger partial charge in [0, 0.05) is 17.1 Å². The van der Waals surface area contributed by atoms with Gasteiger partial charge >= 0.3 is 0 Å². The average molecular weight is 390 g/mol. The fourth-order valence-corrected chi connectivity index (χ4v) is 4.25. The van der Waals surface area contributed by atoms with Crippen LogP contribution in [0.2, 0.25) is 5.02 Å². The van der Waals surface area contributed by atoms with Crippen LogP contribution in [-0.2, 0) is 0 Å². The maximum absolute atomic E-state index is 6.46. The van der Waals surface area contributed by atoms with E-state index in [1.54, 1.807) is 23.7 Å². The van der Waals surface area contributed by atoms with E-state index in [4.69, 9.17) is 22.3 Å². The van der Waals surface area contributed by atoms with Crippen LogP contribution in [0.4, 0.5) is 5.82 Å². The Labute approximate surface area is 163 Å². The topological polar surface area (TPSA) is 77.6 Å². The van der Waals surface area contributed by atoms with Gasteiger partial charge in [-0.3, -0.25) is 9.97 Å². The number of aromatic nitrogens is 4. The van der Waals surface area contributed by atoms with Crippen LogP contribution >= 0.6 is 22.9 Å². The Morgan fingerprint density at radius 2 is 1.81 bits per heavy atom. The van der Waals surface area contributed by atoms with Crippen molar-refractivity contribution in [2.75, 3.05) is 5.73 Å². The molecule has 27 heavy (non-hydrogen) atoms. The van der Waals surface area contributed by atoms with Gasteiger partial charge in [0.25, 0.3) is 0 Å². The fourth-order valence-electron chi connectivity index (χ4n) is 3.02. The predicted molar refractivity (Wildman–Crippen MR) is 111 cm³/mol. The van der Waals surface area contributed by atoms with Crippen LogP contribution in [0, 0.1) is 0 Å². The highest BCUT2D eigenvalue weighted by Gasteiger charge is 2.17. The summed E-state index contributed by atoms with van der Waals surface area (Å²) in [5, 5.41) is 2.28. The van der Waals surface area contributed by atoms with E-state index in [-0.39, 0.29) is 0 Å². The van der Waals surface area contributed by atoms with Crippen molar-refractivity contribution in [3.05, 3.63) is 65.9 Å². The second kappa shape index (κ2) is 6.26. The van der Waals surface area contributed by atoms with Crippen LogP contribution in [0.25, 0.3) is 43.1 Å². The molecule has 3 aromatic heterocycles. The van der Waals surface area contributed by atoms with Gasteiger partial charge in [-0.05, 0) is 30.3 Å². The molecule has 130 valence electrons. The first-order valence-corrected chi connectivity index (χ1v) is 9.41. The van der Waals surface area contributed by atoms with Gasteiger partial charge in [0.05, 0.1) is 32.6 Å². The lowest BCUT2D eigenvalue weighted by atomic mass is 10.1. The van der Waals surface area contributed by atoms with E-state index in [2.05, 4.69) is 15.0 Å². The standard InChI is InChI=1S/C20H12ClN5S/c21-13-9-12(8-11-4-3-7-23-17(11)13)18-19(26-16(22)10-24-18)20-25-14-5-1-2-6-15(14)27-20/h1-10H,(H2,22,26). The number of fused-ring (bicyclic) bond motifs is 2. The highest BCUT2D eigenvalue weighted by Crippen LogP contribution is 2.36. The molecule has 7 heteroatoms. The summed E-state index contributed by atoms with van der Waals surface area (Å²) in [5.74, 6) is 0.349. The Bertz CT molecular complexity index is 1280. The SMILES string of the molecule is Nc1cnc(-c2cc(Cl)c3ncccc3c2)c(-c2nc3ccccc3s2)n1. The van der Waals surface area contributed by atoms with E-state index in [1.807, 2.05) is 48.5 Å². The first-order chi connectivity index (χ1) is 13.2. The number of hydrogen-bond acceptors (Lipinski definition) is 6. The molecule has 0 bridgehead atoms. The summed E-state index contributed by atoms with van der Waals surface area (Å²) in [6.07, 6.45) is 3.27. The summed E-state index contributed by atoms with van der Waals surface area (Å²) in [6, 6.07) is 15.7. The number of anilines is 1. The highest BCUT2D eigenvalue weighted by atomic mass is 35.5. The molecule has 0 aliphatic rings.